The maximum atomic E-state index is 2.74. The number of hydrogen-bond donors (Lipinski definition) is 0. The van der Waals surface area contributed by atoms with Gasteiger partial charge < -0.3 is 0 Å². The van der Waals surface area contributed by atoms with Gasteiger partial charge in [-0.2, -0.15) is 0 Å². The lowest BCUT2D eigenvalue weighted by Crippen LogP contribution is -2.49. The van der Waals surface area contributed by atoms with E-state index in [9.17, 15) is 0 Å². The Kier molecular flexibility index (Phi) is 6.01. The van der Waals surface area contributed by atoms with Crippen LogP contribution in [0, 0.1) is 40.4 Å². The van der Waals surface area contributed by atoms with Gasteiger partial charge in [-0.3, -0.25) is 0 Å². The Labute approximate surface area is 164 Å². The number of hydrogen-bond acceptors (Lipinski definition) is 0. The third kappa shape index (κ3) is 3.12. The molecule has 3 saturated carbocycles. The molecule has 150 valence electrons. The van der Waals surface area contributed by atoms with Crippen molar-refractivity contribution in [3.63, 3.8) is 0 Å². The fourth-order valence-corrected chi connectivity index (χ4v) is 8.07. The van der Waals surface area contributed by atoms with Crippen LogP contribution in [0.5, 0.6) is 0 Å². The Morgan fingerprint density at radius 3 is 2.58 bits per heavy atom. The smallest absolute Gasteiger partial charge is 0.00851 e. The molecule has 0 amide bonds. The fourth-order valence-electron chi connectivity index (χ4n) is 8.07. The summed E-state index contributed by atoms with van der Waals surface area (Å²) in [6.45, 7) is 10.2. The van der Waals surface area contributed by atoms with E-state index in [1.165, 1.54) is 64.2 Å². The molecule has 0 radical (unpaired) electrons. The van der Waals surface area contributed by atoms with E-state index >= 15 is 0 Å². The molecule has 0 bridgehead atoms. The Morgan fingerprint density at radius 1 is 1.00 bits per heavy atom. The molecule has 0 heteroatoms. The van der Waals surface area contributed by atoms with Gasteiger partial charge in [-0.05, 0) is 98.2 Å². The Hall–Kier alpha value is -0.260. The van der Waals surface area contributed by atoms with Crippen LogP contribution in [0.15, 0.2) is 11.6 Å². The van der Waals surface area contributed by atoms with E-state index in [0.717, 1.165) is 29.6 Å². The Morgan fingerprint density at radius 2 is 1.81 bits per heavy atom. The van der Waals surface area contributed by atoms with E-state index in [1.54, 1.807) is 12.8 Å². The van der Waals surface area contributed by atoms with Crippen LogP contribution >= 0.6 is 0 Å². The minimum atomic E-state index is 0. The van der Waals surface area contributed by atoms with Crippen LogP contribution in [0.25, 0.3) is 0 Å². The second kappa shape index (κ2) is 7.63. The van der Waals surface area contributed by atoms with Gasteiger partial charge in [-0.25, -0.2) is 0 Å². The van der Waals surface area contributed by atoms with Gasteiger partial charge >= 0.3 is 0 Å². The molecule has 4 aliphatic carbocycles. The van der Waals surface area contributed by atoms with Crippen LogP contribution in [0.3, 0.4) is 0 Å². The SMILES string of the molecule is C.CCCCCC1CCC2C3CC=C4CC(C)CCC4(C)C3CC[C@]12C. The first-order valence-electron chi connectivity index (χ1n) is 11.7. The first kappa shape index (κ1) is 20.5. The average molecular weight is 359 g/mol. The summed E-state index contributed by atoms with van der Waals surface area (Å²) in [6, 6.07) is 0. The van der Waals surface area contributed by atoms with Gasteiger partial charge in [0.25, 0.3) is 0 Å². The van der Waals surface area contributed by atoms with Crippen molar-refractivity contribution in [2.75, 3.05) is 0 Å². The van der Waals surface area contributed by atoms with E-state index in [0.29, 0.717) is 10.8 Å². The highest BCUT2D eigenvalue weighted by Gasteiger charge is 2.58. The molecule has 0 aromatic heterocycles. The van der Waals surface area contributed by atoms with E-state index in [-0.39, 0.29) is 7.43 Å². The molecule has 26 heavy (non-hydrogen) atoms. The molecule has 4 rings (SSSR count). The average Bonchev–Trinajstić information content (AvgIpc) is 2.92. The van der Waals surface area contributed by atoms with Crippen molar-refractivity contribution >= 4 is 0 Å². The van der Waals surface area contributed by atoms with Crippen molar-refractivity contribution in [3.05, 3.63) is 11.6 Å². The zero-order valence-corrected chi connectivity index (χ0v) is 17.4. The molecule has 0 aliphatic heterocycles. The maximum Gasteiger partial charge on any atom is -0.00851 e. The van der Waals surface area contributed by atoms with Crippen molar-refractivity contribution in [1.82, 2.24) is 0 Å². The van der Waals surface area contributed by atoms with Crippen LogP contribution in [0.4, 0.5) is 0 Å². The van der Waals surface area contributed by atoms with Crippen molar-refractivity contribution in [2.24, 2.45) is 40.4 Å². The molecule has 4 aliphatic rings. The van der Waals surface area contributed by atoms with Crippen molar-refractivity contribution < 1.29 is 0 Å². The van der Waals surface area contributed by atoms with Gasteiger partial charge in [0, 0.05) is 0 Å². The molecular weight excluding hydrogens is 312 g/mol. The lowest BCUT2D eigenvalue weighted by molar-refractivity contribution is -0.0450. The molecule has 3 fully saturated rings. The molecule has 7 atom stereocenters. The van der Waals surface area contributed by atoms with E-state index < -0.39 is 0 Å². The predicted octanol–water partition coefficient (Wildman–Crippen LogP) is 8.42. The Balaban J connectivity index is 0.00000196. The van der Waals surface area contributed by atoms with E-state index in [4.69, 9.17) is 0 Å². The first-order valence-corrected chi connectivity index (χ1v) is 11.7. The van der Waals surface area contributed by atoms with Crippen LogP contribution in [0.2, 0.25) is 0 Å². The lowest BCUT2D eigenvalue weighted by Gasteiger charge is -2.58. The number of fused-ring (bicyclic) bond motifs is 5. The summed E-state index contributed by atoms with van der Waals surface area (Å²) in [7, 11) is 0. The van der Waals surface area contributed by atoms with Crippen molar-refractivity contribution in [1.29, 1.82) is 0 Å². The van der Waals surface area contributed by atoms with Gasteiger partial charge in [0.2, 0.25) is 0 Å². The molecule has 0 aromatic rings. The summed E-state index contributed by atoms with van der Waals surface area (Å²) < 4.78 is 0. The summed E-state index contributed by atoms with van der Waals surface area (Å²) in [4.78, 5) is 0. The minimum absolute atomic E-state index is 0. The monoisotopic (exact) mass is 358 g/mol. The normalized spacial score (nSPS) is 47.2. The molecule has 0 nitrogen and oxygen atoms in total. The van der Waals surface area contributed by atoms with Gasteiger partial charge in [0.05, 0.1) is 0 Å². The molecule has 0 aromatic carbocycles. The quantitative estimate of drug-likeness (QED) is 0.349. The fraction of sp³-hybridized carbons (Fsp3) is 0.923. The summed E-state index contributed by atoms with van der Waals surface area (Å²) in [5.41, 5.74) is 3.11. The van der Waals surface area contributed by atoms with Gasteiger partial charge in [0.1, 0.15) is 0 Å². The number of allylic oxidation sites excluding steroid dienone is 2. The zero-order valence-electron chi connectivity index (χ0n) is 17.4. The maximum absolute atomic E-state index is 2.74. The highest BCUT2D eigenvalue weighted by Crippen LogP contribution is 2.67. The third-order valence-electron chi connectivity index (χ3n) is 9.70. The standard InChI is InChI=1S/C25H42.CH4/c1-5-6-7-8-19-10-12-22-21-11-9-20-17-18(2)13-15-25(20,4)23(21)14-16-24(19,22)3;/h9,18-19,21-23H,5-8,10-17H2,1-4H3;1H4/t18?,19?,21?,22?,23?,24-,25?;/m1./s1. The molecule has 6 unspecified atom stereocenters. The largest absolute Gasteiger partial charge is 0.0845 e. The minimum Gasteiger partial charge on any atom is -0.0845 e. The van der Waals surface area contributed by atoms with Crippen LogP contribution < -0.4 is 0 Å². The van der Waals surface area contributed by atoms with Crippen LogP contribution in [0.1, 0.15) is 112 Å². The topological polar surface area (TPSA) is 0 Å². The summed E-state index contributed by atoms with van der Waals surface area (Å²) in [5, 5.41) is 0. The highest BCUT2D eigenvalue weighted by atomic mass is 14.6. The predicted molar refractivity (Wildman–Crippen MR) is 115 cm³/mol. The lowest BCUT2D eigenvalue weighted by atomic mass is 9.47. The molecular formula is C26H46. The zero-order chi connectivity index (χ0) is 17.7. The van der Waals surface area contributed by atoms with Crippen molar-refractivity contribution in [3.8, 4) is 0 Å². The van der Waals surface area contributed by atoms with Crippen LogP contribution in [-0.4, -0.2) is 0 Å². The van der Waals surface area contributed by atoms with E-state index in [2.05, 4.69) is 33.8 Å². The third-order valence-corrected chi connectivity index (χ3v) is 9.70. The number of unbranched alkanes of at least 4 members (excludes halogenated alkanes) is 2. The van der Waals surface area contributed by atoms with E-state index in [1.807, 2.05) is 5.57 Å². The summed E-state index contributed by atoms with van der Waals surface area (Å²) in [6.07, 6.45) is 20.5. The molecule has 0 spiro atoms. The van der Waals surface area contributed by atoms with Gasteiger partial charge in [0.15, 0.2) is 0 Å². The molecule has 0 saturated heterocycles. The summed E-state index contributed by atoms with van der Waals surface area (Å²) in [5.74, 6) is 5.02. The van der Waals surface area contributed by atoms with Crippen LogP contribution in [-0.2, 0) is 0 Å². The van der Waals surface area contributed by atoms with Crippen molar-refractivity contribution in [2.45, 2.75) is 112 Å². The second-order valence-corrected chi connectivity index (χ2v) is 10.9. The number of rotatable bonds is 4. The molecule has 0 N–H and O–H groups in total. The highest BCUT2D eigenvalue weighted by molar-refractivity contribution is 5.24. The first-order chi connectivity index (χ1) is 12.0. The van der Waals surface area contributed by atoms with Gasteiger partial charge in [-0.1, -0.05) is 66.0 Å². The Bertz CT molecular complexity index is 516. The molecule has 0 heterocycles. The second-order valence-electron chi connectivity index (χ2n) is 10.9. The van der Waals surface area contributed by atoms with Gasteiger partial charge in [-0.15, -0.1) is 0 Å². The summed E-state index contributed by atoms with van der Waals surface area (Å²) >= 11 is 0.